The van der Waals surface area contributed by atoms with E-state index in [1.54, 1.807) is 25.1 Å². The lowest BCUT2D eigenvalue weighted by Gasteiger charge is -2.11. The second kappa shape index (κ2) is 5.49. The maximum atomic E-state index is 13.9. The van der Waals surface area contributed by atoms with Crippen molar-refractivity contribution in [3.8, 4) is 28.0 Å². The number of rotatable bonds is 2. The van der Waals surface area contributed by atoms with Gasteiger partial charge in [0, 0.05) is 11.1 Å². The van der Waals surface area contributed by atoms with Crippen LogP contribution in [-0.4, -0.2) is 10.1 Å². The quantitative estimate of drug-likeness (QED) is 0.544. The summed E-state index contributed by atoms with van der Waals surface area (Å²) in [4.78, 5) is 4.14. The molecule has 0 aliphatic heterocycles. The molecule has 3 nitrogen and oxygen atoms in total. The second-order valence-electron chi connectivity index (χ2n) is 5.70. The van der Waals surface area contributed by atoms with Gasteiger partial charge in [0.25, 0.3) is 0 Å². The maximum absolute atomic E-state index is 13.9. The van der Waals surface area contributed by atoms with Crippen molar-refractivity contribution in [2.75, 3.05) is 0 Å². The van der Waals surface area contributed by atoms with E-state index >= 15 is 0 Å². The first-order chi connectivity index (χ1) is 11.6. The molecule has 0 radical (unpaired) electrons. The van der Waals surface area contributed by atoms with Gasteiger partial charge in [0.1, 0.15) is 17.1 Å². The van der Waals surface area contributed by atoms with Gasteiger partial charge in [-0.15, -0.1) is 0 Å². The number of aryl methyl sites for hydroxylation is 1. The molecule has 1 heterocycles. The molecule has 0 amide bonds. The predicted molar refractivity (Wildman–Crippen MR) is 91.2 cm³/mol. The van der Waals surface area contributed by atoms with Gasteiger partial charge in [0.05, 0.1) is 0 Å². The zero-order valence-electron chi connectivity index (χ0n) is 13.0. The first-order valence-corrected chi connectivity index (χ1v) is 7.55. The number of phenolic OH excluding ortho intramolecular Hbond substituents is 1. The van der Waals surface area contributed by atoms with Crippen LogP contribution in [0.2, 0.25) is 0 Å². The molecular formula is C20H14FNO2. The molecule has 4 rings (SSSR count). The molecule has 3 aromatic carbocycles. The third-order valence-corrected chi connectivity index (χ3v) is 4.16. The van der Waals surface area contributed by atoms with Crippen LogP contribution >= 0.6 is 0 Å². The maximum Gasteiger partial charge on any atom is 0.181 e. The van der Waals surface area contributed by atoms with Gasteiger partial charge >= 0.3 is 0 Å². The monoisotopic (exact) mass is 319 g/mol. The van der Waals surface area contributed by atoms with Gasteiger partial charge in [-0.1, -0.05) is 36.4 Å². The summed E-state index contributed by atoms with van der Waals surface area (Å²) in [5.74, 6) is -0.176. The minimum absolute atomic E-state index is 0.114. The number of benzene rings is 3. The van der Waals surface area contributed by atoms with E-state index in [4.69, 9.17) is 4.42 Å². The average molecular weight is 319 g/mol. The van der Waals surface area contributed by atoms with Crippen molar-refractivity contribution in [2.45, 2.75) is 6.92 Å². The Hall–Kier alpha value is -3.14. The number of hydrogen-bond acceptors (Lipinski definition) is 3. The van der Waals surface area contributed by atoms with Crippen molar-refractivity contribution in [1.82, 2.24) is 4.98 Å². The SMILES string of the molecule is Cc1ccc(-c2cccc(-c3ccc4ocnc4c3)c2O)cc1F. The highest BCUT2D eigenvalue weighted by atomic mass is 19.1. The van der Waals surface area contributed by atoms with Crippen LogP contribution in [-0.2, 0) is 0 Å². The fourth-order valence-corrected chi connectivity index (χ4v) is 2.80. The zero-order valence-corrected chi connectivity index (χ0v) is 13.0. The number of aromatic hydroxyl groups is 1. The van der Waals surface area contributed by atoms with Crippen molar-refractivity contribution >= 4 is 11.1 Å². The molecule has 4 heteroatoms. The Kier molecular flexibility index (Phi) is 3.31. The van der Waals surface area contributed by atoms with Gasteiger partial charge in [-0.2, -0.15) is 0 Å². The number of aromatic nitrogens is 1. The summed E-state index contributed by atoms with van der Waals surface area (Å²) in [5.41, 5.74) is 4.70. The number of halogens is 1. The van der Waals surface area contributed by atoms with Gasteiger partial charge in [0.15, 0.2) is 12.0 Å². The molecule has 1 aromatic heterocycles. The molecule has 0 aliphatic rings. The van der Waals surface area contributed by atoms with Gasteiger partial charge in [0.2, 0.25) is 0 Å². The normalized spacial score (nSPS) is 11.1. The summed E-state index contributed by atoms with van der Waals surface area (Å²) in [6.45, 7) is 1.71. The highest BCUT2D eigenvalue weighted by molar-refractivity contribution is 5.86. The Balaban J connectivity index is 1.87. The fourth-order valence-electron chi connectivity index (χ4n) is 2.80. The molecule has 0 unspecified atom stereocenters. The topological polar surface area (TPSA) is 46.3 Å². The molecule has 118 valence electrons. The number of para-hydroxylation sites is 1. The third-order valence-electron chi connectivity index (χ3n) is 4.16. The Bertz CT molecular complexity index is 1050. The summed E-state index contributed by atoms with van der Waals surface area (Å²) < 4.78 is 19.1. The van der Waals surface area contributed by atoms with E-state index in [-0.39, 0.29) is 11.6 Å². The van der Waals surface area contributed by atoms with Crippen LogP contribution in [0.1, 0.15) is 5.56 Å². The summed E-state index contributed by atoms with van der Waals surface area (Å²) >= 11 is 0. The zero-order chi connectivity index (χ0) is 16.7. The van der Waals surface area contributed by atoms with Crippen molar-refractivity contribution in [2.24, 2.45) is 0 Å². The Labute approximate surface area is 138 Å². The Morgan fingerprint density at radius 1 is 0.958 bits per heavy atom. The van der Waals surface area contributed by atoms with E-state index < -0.39 is 0 Å². The van der Waals surface area contributed by atoms with Gasteiger partial charge in [-0.25, -0.2) is 9.37 Å². The summed E-state index contributed by atoms with van der Waals surface area (Å²) in [6.07, 6.45) is 1.39. The van der Waals surface area contributed by atoms with Crippen LogP contribution in [0.3, 0.4) is 0 Å². The number of fused-ring (bicyclic) bond motifs is 1. The Morgan fingerprint density at radius 2 is 1.67 bits per heavy atom. The molecular weight excluding hydrogens is 305 g/mol. The van der Waals surface area contributed by atoms with Crippen molar-refractivity contribution < 1.29 is 13.9 Å². The molecule has 0 bridgehead atoms. The fraction of sp³-hybridized carbons (Fsp3) is 0.0500. The van der Waals surface area contributed by atoms with E-state index in [9.17, 15) is 9.50 Å². The van der Waals surface area contributed by atoms with Crippen LogP contribution in [0, 0.1) is 12.7 Å². The standard InChI is InChI=1S/C20H14FNO2/c1-12-5-6-13(9-17(12)21)15-3-2-4-16(20(15)23)14-7-8-19-18(10-14)22-11-24-19/h2-11,23H,1H3. The lowest BCUT2D eigenvalue weighted by Crippen LogP contribution is -1.87. The van der Waals surface area contributed by atoms with Crippen LogP contribution in [0.4, 0.5) is 4.39 Å². The molecule has 0 spiro atoms. The van der Waals surface area contributed by atoms with E-state index in [0.29, 0.717) is 27.8 Å². The molecule has 24 heavy (non-hydrogen) atoms. The van der Waals surface area contributed by atoms with E-state index in [1.165, 1.54) is 12.5 Å². The molecule has 4 aromatic rings. The summed E-state index contributed by atoms with van der Waals surface area (Å²) in [6, 6.07) is 15.9. The number of hydrogen-bond donors (Lipinski definition) is 1. The molecule has 0 atom stereocenters. The van der Waals surface area contributed by atoms with Crippen LogP contribution in [0.5, 0.6) is 5.75 Å². The lowest BCUT2D eigenvalue weighted by atomic mass is 9.96. The number of oxazole rings is 1. The van der Waals surface area contributed by atoms with Crippen LogP contribution in [0.15, 0.2) is 65.4 Å². The van der Waals surface area contributed by atoms with Gasteiger partial charge in [-0.05, 0) is 41.8 Å². The minimum atomic E-state index is -0.290. The Morgan fingerprint density at radius 3 is 2.42 bits per heavy atom. The number of phenols is 1. The first-order valence-electron chi connectivity index (χ1n) is 7.55. The highest BCUT2D eigenvalue weighted by Gasteiger charge is 2.13. The summed E-state index contributed by atoms with van der Waals surface area (Å²) in [5, 5.41) is 10.7. The second-order valence-corrected chi connectivity index (χ2v) is 5.70. The lowest BCUT2D eigenvalue weighted by molar-refractivity contribution is 0.479. The number of nitrogens with zero attached hydrogens (tertiary/aromatic N) is 1. The third kappa shape index (κ3) is 2.33. The highest BCUT2D eigenvalue weighted by Crippen LogP contribution is 2.39. The van der Waals surface area contributed by atoms with Crippen LogP contribution in [0.25, 0.3) is 33.4 Å². The van der Waals surface area contributed by atoms with Crippen LogP contribution < -0.4 is 0 Å². The first kappa shape index (κ1) is 14.5. The largest absolute Gasteiger partial charge is 0.507 e. The van der Waals surface area contributed by atoms with E-state index in [1.807, 2.05) is 30.3 Å². The average Bonchev–Trinajstić information content (AvgIpc) is 3.05. The van der Waals surface area contributed by atoms with Crippen molar-refractivity contribution in [3.05, 3.63) is 72.4 Å². The molecule has 0 saturated heterocycles. The minimum Gasteiger partial charge on any atom is -0.507 e. The predicted octanol–water partition coefficient (Wildman–Crippen LogP) is 5.31. The van der Waals surface area contributed by atoms with Crippen molar-refractivity contribution in [1.29, 1.82) is 0 Å². The van der Waals surface area contributed by atoms with Gasteiger partial charge < -0.3 is 9.52 Å². The van der Waals surface area contributed by atoms with E-state index in [0.717, 1.165) is 11.1 Å². The summed E-state index contributed by atoms with van der Waals surface area (Å²) in [7, 11) is 0. The smallest absolute Gasteiger partial charge is 0.181 e. The van der Waals surface area contributed by atoms with Crippen molar-refractivity contribution in [3.63, 3.8) is 0 Å². The van der Waals surface area contributed by atoms with Gasteiger partial charge in [-0.3, -0.25) is 0 Å². The molecule has 0 aliphatic carbocycles. The molecule has 0 fully saturated rings. The molecule has 0 saturated carbocycles. The van der Waals surface area contributed by atoms with E-state index in [2.05, 4.69) is 4.98 Å². The molecule has 1 N–H and O–H groups in total.